The van der Waals surface area contributed by atoms with E-state index in [4.69, 9.17) is 9.72 Å². The van der Waals surface area contributed by atoms with E-state index in [1.807, 2.05) is 18.2 Å². The van der Waals surface area contributed by atoms with Gasteiger partial charge in [0.15, 0.2) is 0 Å². The lowest BCUT2D eigenvalue weighted by Crippen LogP contribution is -2.25. The highest BCUT2D eigenvalue weighted by Gasteiger charge is 2.13. The van der Waals surface area contributed by atoms with Crippen LogP contribution >= 0.6 is 0 Å². The summed E-state index contributed by atoms with van der Waals surface area (Å²) in [4.78, 5) is 4.81. The Morgan fingerprint density at radius 1 is 1.17 bits per heavy atom. The summed E-state index contributed by atoms with van der Waals surface area (Å²) in [6.45, 7) is 13.6. The summed E-state index contributed by atoms with van der Waals surface area (Å²) in [5.41, 5.74) is 2.15. The highest BCUT2D eigenvalue weighted by Crippen LogP contribution is 2.19. The molecule has 1 heterocycles. The van der Waals surface area contributed by atoms with E-state index in [0.29, 0.717) is 12.8 Å². The number of hydrogen-bond acceptors (Lipinski definition) is 3. The molecule has 0 unspecified atom stereocenters. The smallest absolute Gasteiger partial charge is 0.125 e. The Balaban J connectivity index is 2.07. The van der Waals surface area contributed by atoms with Crippen molar-refractivity contribution in [2.45, 2.75) is 58.9 Å². The van der Waals surface area contributed by atoms with Crippen molar-refractivity contribution in [1.82, 2.24) is 14.9 Å². The minimum absolute atomic E-state index is 0.433. The lowest BCUT2D eigenvalue weighted by molar-refractivity contribution is 0.0848. The first kappa shape index (κ1) is 18.9. The summed E-state index contributed by atoms with van der Waals surface area (Å²) in [7, 11) is -1.05. The average molecular weight is 346 g/mol. The third kappa shape index (κ3) is 6.22. The third-order valence-corrected chi connectivity index (χ3v) is 5.53. The molecule has 0 bridgehead atoms. The molecule has 4 nitrogen and oxygen atoms in total. The Hall–Kier alpha value is -1.43. The number of ether oxygens (including phenoxy) is 1. The minimum Gasteiger partial charge on any atom is -0.361 e. The number of aromatic nitrogens is 2. The molecule has 0 radical (unpaired) electrons. The molecule has 1 N–H and O–H groups in total. The zero-order valence-electron chi connectivity index (χ0n) is 15.7. The summed E-state index contributed by atoms with van der Waals surface area (Å²) in [5, 5.41) is 3.45. The number of imidazole rings is 1. The first-order valence-electron chi connectivity index (χ1n) is 8.78. The van der Waals surface area contributed by atoms with Gasteiger partial charge in [0, 0.05) is 32.5 Å². The maximum absolute atomic E-state index is 5.92. The number of nitrogens with zero attached hydrogens (tertiary/aromatic N) is 2. The Morgan fingerprint density at radius 2 is 1.88 bits per heavy atom. The van der Waals surface area contributed by atoms with Crippen LogP contribution in [0.2, 0.25) is 25.7 Å². The largest absolute Gasteiger partial charge is 0.361 e. The van der Waals surface area contributed by atoms with E-state index in [9.17, 15) is 0 Å². The molecule has 5 heteroatoms. The standard InChI is InChI=1S/C19H31N3OSi/c1-16(2)20-13-19-21-18(17-9-7-6-8-10-17)14-22(19)15-23-11-12-24(3,4)5/h6-10,14,16,20H,11-13,15H2,1-5H3. The number of hydrogen-bond donors (Lipinski definition) is 1. The maximum Gasteiger partial charge on any atom is 0.125 e. The zero-order valence-corrected chi connectivity index (χ0v) is 16.7. The van der Waals surface area contributed by atoms with Gasteiger partial charge >= 0.3 is 0 Å². The van der Waals surface area contributed by atoms with E-state index in [0.717, 1.165) is 30.2 Å². The van der Waals surface area contributed by atoms with Crippen LogP contribution in [0.1, 0.15) is 19.7 Å². The Bertz CT molecular complexity index is 617. The van der Waals surface area contributed by atoms with Gasteiger partial charge in [-0.15, -0.1) is 0 Å². The van der Waals surface area contributed by atoms with Crippen LogP contribution in [0.3, 0.4) is 0 Å². The van der Waals surface area contributed by atoms with Crippen molar-refractivity contribution in [2.75, 3.05) is 6.61 Å². The van der Waals surface area contributed by atoms with Crippen molar-refractivity contribution in [1.29, 1.82) is 0 Å². The molecule has 2 rings (SSSR count). The molecule has 0 atom stereocenters. The molecule has 1 aromatic heterocycles. The predicted octanol–water partition coefficient (Wildman–Crippen LogP) is 4.36. The van der Waals surface area contributed by atoms with Crippen LogP contribution in [0.5, 0.6) is 0 Å². The van der Waals surface area contributed by atoms with E-state index in [2.05, 4.69) is 61.7 Å². The van der Waals surface area contributed by atoms with Crippen LogP contribution in [0, 0.1) is 0 Å². The zero-order chi connectivity index (χ0) is 17.6. The van der Waals surface area contributed by atoms with Crippen LogP contribution < -0.4 is 5.32 Å². The first-order chi connectivity index (χ1) is 11.3. The van der Waals surface area contributed by atoms with Crippen LogP contribution in [0.4, 0.5) is 0 Å². The van der Waals surface area contributed by atoms with Crippen molar-refractivity contribution in [3.8, 4) is 11.3 Å². The molecular formula is C19H31N3OSi. The molecule has 0 saturated carbocycles. The fourth-order valence-corrected chi connectivity index (χ4v) is 3.05. The van der Waals surface area contributed by atoms with Crippen LogP contribution in [0.25, 0.3) is 11.3 Å². The lowest BCUT2D eigenvalue weighted by atomic mass is 10.2. The summed E-state index contributed by atoms with van der Waals surface area (Å²) in [6, 6.07) is 11.9. The van der Waals surface area contributed by atoms with Gasteiger partial charge in [-0.05, 0) is 6.04 Å². The van der Waals surface area contributed by atoms with E-state index in [1.54, 1.807) is 0 Å². The Morgan fingerprint density at radius 3 is 2.50 bits per heavy atom. The molecular weight excluding hydrogens is 314 g/mol. The van der Waals surface area contributed by atoms with E-state index >= 15 is 0 Å². The van der Waals surface area contributed by atoms with Gasteiger partial charge in [-0.25, -0.2) is 4.98 Å². The predicted molar refractivity (Wildman–Crippen MR) is 104 cm³/mol. The van der Waals surface area contributed by atoms with E-state index in [1.165, 1.54) is 6.04 Å². The lowest BCUT2D eigenvalue weighted by Gasteiger charge is -2.16. The molecule has 0 saturated heterocycles. The molecule has 24 heavy (non-hydrogen) atoms. The SMILES string of the molecule is CC(C)NCc1nc(-c2ccccc2)cn1COCC[Si](C)(C)C. The van der Waals surface area contributed by atoms with Crippen LogP contribution in [-0.4, -0.2) is 30.3 Å². The first-order valence-corrected chi connectivity index (χ1v) is 12.5. The van der Waals surface area contributed by atoms with Crippen molar-refractivity contribution < 1.29 is 4.74 Å². The van der Waals surface area contributed by atoms with Crippen molar-refractivity contribution in [2.24, 2.45) is 0 Å². The summed E-state index contributed by atoms with van der Waals surface area (Å²) in [5.74, 6) is 1.02. The molecule has 0 fully saturated rings. The van der Waals surface area contributed by atoms with Gasteiger partial charge in [-0.3, -0.25) is 0 Å². The van der Waals surface area contributed by atoms with Gasteiger partial charge in [-0.2, -0.15) is 0 Å². The van der Waals surface area contributed by atoms with Gasteiger partial charge in [0.1, 0.15) is 12.6 Å². The molecule has 0 spiro atoms. The number of benzene rings is 1. The maximum atomic E-state index is 5.92. The van der Waals surface area contributed by atoms with Gasteiger partial charge in [0.25, 0.3) is 0 Å². The van der Waals surface area contributed by atoms with Crippen molar-refractivity contribution >= 4 is 8.07 Å². The second-order valence-electron chi connectivity index (χ2n) is 7.76. The minimum atomic E-state index is -1.05. The fraction of sp³-hybridized carbons (Fsp3) is 0.526. The fourth-order valence-electron chi connectivity index (χ4n) is 2.29. The molecule has 132 valence electrons. The number of rotatable bonds is 9. The van der Waals surface area contributed by atoms with E-state index in [-0.39, 0.29) is 0 Å². The average Bonchev–Trinajstić information content (AvgIpc) is 2.93. The highest BCUT2D eigenvalue weighted by molar-refractivity contribution is 6.76. The Labute approximate surface area is 147 Å². The van der Waals surface area contributed by atoms with E-state index < -0.39 is 8.07 Å². The molecule has 0 amide bonds. The van der Waals surface area contributed by atoms with Gasteiger partial charge in [0.2, 0.25) is 0 Å². The van der Waals surface area contributed by atoms with Crippen LogP contribution in [0.15, 0.2) is 36.5 Å². The second kappa shape index (κ2) is 8.60. The van der Waals surface area contributed by atoms with Gasteiger partial charge in [-0.1, -0.05) is 63.8 Å². The monoisotopic (exact) mass is 345 g/mol. The normalized spacial score (nSPS) is 12.1. The summed E-state index contributed by atoms with van der Waals surface area (Å²) >= 11 is 0. The quantitative estimate of drug-likeness (QED) is 0.542. The molecule has 2 aromatic rings. The van der Waals surface area contributed by atoms with Crippen molar-refractivity contribution in [3.63, 3.8) is 0 Å². The Kier molecular flexibility index (Phi) is 6.77. The van der Waals surface area contributed by atoms with Gasteiger partial charge in [0.05, 0.1) is 12.2 Å². The molecule has 0 aliphatic heterocycles. The number of nitrogens with one attached hydrogen (secondary N) is 1. The summed E-state index contributed by atoms with van der Waals surface area (Å²) in [6.07, 6.45) is 2.10. The van der Waals surface area contributed by atoms with Crippen molar-refractivity contribution in [3.05, 3.63) is 42.4 Å². The van der Waals surface area contributed by atoms with Gasteiger partial charge < -0.3 is 14.6 Å². The molecule has 0 aliphatic carbocycles. The highest BCUT2D eigenvalue weighted by atomic mass is 28.3. The molecule has 1 aromatic carbocycles. The molecule has 0 aliphatic rings. The topological polar surface area (TPSA) is 39.1 Å². The summed E-state index contributed by atoms with van der Waals surface area (Å²) < 4.78 is 8.05. The second-order valence-corrected chi connectivity index (χ2v) is 13.4. The van der Waals surface area contributed by atoms with Crippen LogP contribution in [-0.2, 0) is 18.0 Å². The third-order valence-electron chi connectivity index (χ3n) is 3.82.